The minimum Gasteiger partial charge on any atom is -0.373 e. The first kappa shape index (κ1) is 14.0. The highest BCUT2D eigenvalue weighted by atomic mass is 16.1. The van der Waals surface area contributed by atoms with Crippen LogP contribution in [0.1, 0.15) is 27.3 Å². The number of anilines is 1. The first-order chi connectivity index (χ1) is 9.52. The zero-order valence-corrected chi connectivity index (χ0v) is 12.2. The first-order valence-corrected chi connectivity index (χ1v) is 6.44. The number of nitrogens with one attached hydrogen (secondary N) is 2. The number of pyridine rings is 1. The van der Waals surface area contributed by atoms with Crippen molar-refractivity contribution in [3.8, 4) is 0 Å². The maximum absolute atomic E-state index is 12.1. The van der Waals surface area contributed by atoms with E-state index in [2.05, 4.69) is 20.7 Å². The molecule has 2 rings (SSSR count). The van der Waals surface area contributed by atoms with Crippen LogP contribution in [0.3, 0.4) is 0 Å². The molecule has 0 radical (unpaired) electrons. The number of nitrogens with zero attached hydrogens (tertiary/aromatic N) is 3. The molecule has 0 bridgehead atoms. The molecule has 0 aliphatic carbocycles. The molecule has 0 aliphatic heterocycles. The van der Waals surface area contributed by atoms with Crippen molar-refractivity contribution in [1.29, 1.82) is 0 Å². The van der Waals surface area contributed by atoms with E-state index in [1.165, 1.54) is 0 Å². The molecule has 6 heteroatoms. The van der Waals surface area contributed by atoms with Crippen molar-refractivity contribution in [2.75, 3.05) is 12.4 Å². The molecule has 2 N–H and O–H groups in total. The van der Waals surface area contributed by atoms with Gasteiger partial charge in [-0.25, -0.2) is 4.98 Å². The molecule has 0 fully saturated rings. The van der Waals surface area contributed by atoms with Gasteiger partial charge in [-0.2, -0.15) is 5.10 Å². The highest BCUT2D eigenvalue weighted by Crippen LogP contribution is 2.12. The quantitative estimate of drug-likeness (QED) is 0.883. The monoisotopic (exact) mass is 273 g/mol. The van der Waals surface area contributed by atoms with E-state index in [-0.39, 0.29) is 5.91 Å². The summed E-state index contributed by atoms with van der Waals surface area (Å²) in [6.45, 7) is 4.41. The molecule has 0 atom stereocenters. The molecule has 0 spiro atoms. The number of aryl methyl sites for hydroxylation is 2. The van der Waals surface area contributed by atoms with E-state index in [0.29, 0.717) is 17.9 Å². The Labute approximate surface area is 118 Å². The highest BCUT2D eigenvalue weighted by Gasteiger charge is 2.11. The minimum atomic E-state index is -0.119. The predicted octanol–water partition coefficient (Wildman–Crippen LogP) is 1.40. The lowest BCUT2D eigenvalue weighted by Crippen LogP contribution is -2.23. The molecule has 2 aromatic rings. The molecule has 20 heavy (non-hydrogen) atoms. The van der Waals surface area contributed by atoms with E-state index >= 15 is 0 Å². The second-order valence-electron chi connectivity index (χ2n) is 4.64. The van der Waals surface area contributed by atoms with E-state index in [4.69, 9.17) is 0 Å². The lowest BCUT2D eigenvalue weighted by molar-refractivity contribution is 0.0951. The van der Waals surface area contributed by atoms with Gasteiger partial charge in [0.15, 0.2) is 0 Å². The molecule has 2 heterocycles. The van der Waals surface area contributed by atoms with Gasteiger partial charge in [0.05, 0.1) is 5.69 Å². The molecule has 0 saturated heterocycles. The van der Waals surface area contributed by atoms with Crippen LogP contribution in [0.4, 0.5) is 5.82 Å². The SMILES string of the molecule is CNc1cc(C(=O)NCc2c(C)nn(C)c2C)ccn1. The summed E-state index contributed by atoms with van der Waals surface area (Å²) in [4.78, 5) is 16.2. The second kappa shape index (κ2) is 5.73. The zero-order valence-electron chi connectivity index (χ0n) is 12.2. The predicted molar refractivity (Wildman–Crippen MR) is 77.6 cm³/mol. The van der Waals surface area contributed by atoms with Crippen LogP contribution in [0.25, 0.3) is 0 Å². The fourth-order valence-electron chi connectivity index (χ4n) is 2.05. The van der Waals surface area contributed by atoms with Crippen LogP contribution >= 0.6 is 0 Å². The number of carbonyl (C=O) groups is 1. The van der Waals surface area contributed by atoms with Crippen molar-refractivity contribution >= 4 is 11.7 Å². The number of rotatable bonds is 4. The first-order valence-electron chi connectivity index (χ1n) is 6.44. The van der Waals surface area contributed by atoms with E-state index in [1.54, 1.807) is 25.4 Å². The summed E-state index contributed by atoms with van der Waals surface area (Å²) in [5.74, 6) is 0.554. The van der Waals surface area contributed by atoms with Gasteiger partial charge in [0.25, 0.3) is 5.91 Å². The summed E-state index contributed by atoms with van der Waals surface area (Å²) in [5, 5.41) is 10.2. The van der Waals surface area contributed by atoms with E-state index in [9.17, 15) is 4.79 Å². The Kier molecular flexibility index (Phi) is 4.02. The molecule has 106 valence electrons. The van der Waals surface area contributed by atoms with Crippen LogP contribution in [0, 0.1) is 13.8 Å². The van der Waals surface area contributed by atoms with Gasteiger partial charge in [-0.05, 0) is 26.0 Å². The fourth-order valence-corrected chi connectivity index (χ4v) is 2.05. The Balaban J connectivity index is 2.08. The van der Waals surface area contributed by atoms with Gasteiger partial charge < -0.3 is 10.6 Å². The van der Waals surface area contributed by atoms with Crippen LogP contribution in [0.15, 0.2) is 18.3 Å². The molecule has 1 amide bonds. The van der Waals surface area contributed by atoms with E-state index in [1.807, 2.05) is 25.6 Å². The van der Waals surface area contributed by atoms with E-state index < -0.39 is 0 Å². The van der Waals surface area contributed by atoms with Crippen LogP contribution in [0.5, 0.6) is 0 Å². The normalized spacial score (nSPS) is 10.4. The average molecular weight is 273 g/mol. The molecule has 2 aromatic heterocycles. The van der Waals surface area contributed by atoms with Gasteiger partial charge in [-0.3, -0.25) is 9.48 Å². The molecule has 0 saturated carbocycles. The largest absolute Gasteiger partial charge is 0.373 e. The Morgan fingerprint density at radius 1 is 1.40 bits per heavy atom. The van der Waals surface area contributed by atoms with Gasteiger partial charge in [0.1, 0.15) is 5.82 Å². The standard InChI is InChI=1S/C14H19N5O/c1-9-12(10(2)19(4)18-9)8-17-14(20)11-5-6-16-13(7-11)15-3/h5-7H,8H2,1-4H3,(H,15,16)(H,17,20). The number of hydrogen-bond acceptors (Lipinski definition) is 4. The van der Waals surface area contributed by atoms with Gasteiger partial charge in [0, 0.05) is 43.7 Å². The summed E-state index contributed by atoms with van der Waals surface area (Å²) in [6, 6.07) is 3.41. The van der Waals surface area contributed by atoms with Crippen LogP contribution in [0.2, 0.25) is 0 Å². The van der Waals surface area contributed by atoms with Crippen LogP contribution in [-0.2, 0) is 13.6 Å². The fraction of sp³-hybridized carbons (Fsp3) is 0.357. The topological polar surface area (TPSA) is 71.8 Å². The molecule has 6 nitrogen and oxygen atoms in total. The van der Waals surface area contributed by atoms with Crippen molar-refractivity contribution in [3.63, 3.8) is 0 Å². The minimum absolute atomic E-state index is 0.119. The Morgan fingerprint density at radius 2 is 2.15 bits per heavy atom. The van der Waals surface area contributed by atoms with Crippen molar-refractivity contribution in [2.45, 2.75) is 20.4 Å². The molecule has 0 unspecified atom stereocenters. The summed E-state index contributed by atoms with van der Waals surface area (Å²) in [6.07, 6.45) is 1.61. The van der Waals surface area contributed by atoms with Gasteiger partial charge in [0.2, 0.25) is 0 Å². The van der Waals surface area contributed by atoms with Crippen molar-refractivity contribution in [3.05, 3.63) is 40.8 Å². The maximum Gasteiger partial charge on any atom is 0.251 e. The number of hydrogen-bond donors (Lipinski definition) is 2. The van der Waals surface area contributed by atoms with Crippen molar-refractivity contribution in [2.24, 2.45) is 7.05 Å². The summed E-state index contributed by atoms with van der Waals surface area (Å²) < 4.78 is 1.82. The maximum atomic E-state index is 12.1. The Hall–Kier alpha value is -2.37. The number of aromatic nitrogens is 3. The lowest BCUT2D eigenvalue weighted by Gasteiger charge is -2.07. The third-order valence-corrected chi connectivity index (χ3v) is 3.36. The third kappa shape index (κ3) is 2.79. The smallest absolute Gasteiger partial charge is 0.251 e. The van der Waals surface area contributed by atoms with Gasteiger partial charge in [-0.15, -0.1) is 0 Å². The van der Waals surface area contributed by atoms with Gasteiger partial charge >= 0.3 is 0 Å². The third-order valence-electron chi connectivity index (χ3n) is 3.36. The second-order valence-corrected chi connectivity index (χ2v) is 4.64. The molecule has 0 aliphatic rings. The summed E-state index contributed by atoms with van der Waals surface area (Å²) in [5.41, 5.74) is 3.65. The van der Waals surface area contributed by atoms with Gasteiger partial charge in [-0.1, -0.05) is 0 Å². The van der Waals surface area contributed by atoms with Crippen molar-refractivity contribution < 1.29 is 4.79 Å². The average Bonchev–Trinajstić information content (AvgIpc) is 2.70. The van der Waals surface area contributed by atoms with Crippen LogP contribution < -0.4 is 10.6 Å². The highest BCUT2D eigenvalue weighted by molar-refractivity contribution is 5.94. The lowest BCUT2D eigenvalue weighted by atomic mass is 10.2. The Morgan fingerprint density at radius 3 is 2.75 bits per heavy atom. The Bertz CT molecular complexity index is 632. The van der Waals surface area contributed by atoms with Crippen LogP contribution in [-0.4, -0.2) is 27.7 Å². The number of carbonyl (C=O) groups excluding carboxylic acids is 1. The summed E-state index contributed by atoms with van der Waals surface area (Å²) in [7, 11) is 3.67. The molecular formula is C14H19N5O. The number of amides is 1. The molecular weight excluding hydrogens is 254 g/mol. The zero-order chi connectivity index (χ0) is 14.7. The van der Waals surface area contributed by atoms with E-state index in [0.717, 1.165) is 17.0 Å². The summed E-state index contributed by atoms with van der Waals surface area (Å²) >= 11 is 0. The van der Waals surface area contributed by atoms with Crippen molar-refractivity contribution in [1.82, 2.24) is 20.1 Å². The molecule has 0 aromatic carbocycles.